The van der Waals surface area contributed by atoms with E-state index in [-0.39, 0.29) is 22.8 Å². The minimum absolute atomic E-state index is 0.0630. The van der Waals surface area contributed by atoms with E-state index in [0.29, 0.717) is 5.56 Å². The second-order valence-corrected chi connectivity index (χ2v) is 6.72. The van der Waals surface area contributed by atoms with Crippen molar-refractivity contribution in [2.45, 2.75) is 18.7 Å². The summed E-state index contributed by atoms with van der Waals surface area (Å²) in [6.45, 7) is 3.19. The molecule has 0 heterocycles. The predicted molar refractivity (Wildman–Crippen MR) is 84.4 cm³/mol. The SMILES string of the molecule is CCN(c1cccc(F)c1)S(=O)(=O)c1ccc(C)c([N+](=O)[O-])c1. The van der Waals surface area contributed by atoms with Gasteiger partial charge in [0.25, 0.3) is 15.7 Å². The van der Waals surface area contributed by atoms with Crippen molar-refractivity contribution in [2.24, 2.45) is 0 Å². The van der Waals surface area contributed by atoms with Gasteiger partial charge in [-0.15, -0.1) is 0 Å². The van der Waals surface area contributed by atoms with Crippen molar-refractivity contribution in [2.75, 3.05) is 10.8 Å². The third-order valence-electron chi connectivity index (χ3n) is 3.35. The van der Waals surface area contributed by atoms with Crippen LogP contribution in [0.4, 0.5) is 15.8 Å². The predicted octanol–water partition coefficient (Wildman–Crippen LogP) is 3.26. The van der Waals surface area contributed by atoms with Crippen molar-refractivity contribution in [1.82, 2.24) is 0 Å². The van der Waals surface area contributed by atoms with Gasteiger partial charge < -0.3 is 0 Å². The Labute approximate surface area is 133 Å². The van der Waals surface area contributed by atoms with Crippen molar-refractivity contribution in [1.29, 1.82) is 0 Å². The van der Waals surface area contributed by atoms with Crippen LogP contribution in [-0.4, -0.2) is 19.9 Å². The Kier molecular flexibility index (Phi) is 4.65. The number of benzene rings is 2. The van der Waals surface area contributed by atoms with Crippen LogP contribution in [0.1, 0.15) is 12.5 Å². The zero-order valence-corrected chi connectivity index (χ0v) is 13.4. The van der Waals surface area contributed by atoms with Gasteiger partial charge in [0.05, 0.1) is 15.5 Å². The van der Waals surface area contributed by atoms with Gasteiger partial charge in [0, 0.05) is 18.2 Å². The van der Waals surface area contributed by atoms with E-state index in [9.17, 15) is 22.9 Å². The highest BCUT2D eigenvalue weighted by molar-refractivity contribution is 7.92. The van der Waals surface area contributed by atoms with E-state index < -0.39 is 20.8 Å². The van der Waals surface area contributed by atoms with Gasteiger partial charge in [-0.05, 0) is 38.1 Å². The van der Waals surface area contributed by atoms with Gasteiger partial charge >= 0.3 is 0 Å². The summed E-state index contributed by atoms with van der Waals surface area (Å²) < 4.78 is 39.9. The summed E-state index contributed by atoms with van der Waals surface area (Å²) in [5.41, 5.74) is 0.250. The molecule has 0 N–H and O–H groups in total. The van der Waals surface area contributed by atoms with Crippen molar-refractivity contribution in [3.63, 3.8) is 0 Å². The van der Waals surface area contributed by atoms with Crippen LogP contribution < -0.4 is 4.31 Å². The Morgan fingerprint density at radius 3 is 2.48 bits per heavy atom. The second-order valence-electron chi connectivity index (χ2n) is 4.86. The Hall–Kier alpha value is -2.48. The molecule has 23 heavy (non-hydrogen) atoms. The average molecular weight is 338 g/mol. The minimum atomic E-state index is -4.03. The van der Waals surface area contributed by atoms with Crippen LogP contribution in [0.3, 0.4) is 0 Å². The Morgan fingerprint density at radius 1 is 1.22 bits per heavy atom. The summed E-state index contributed by atoms with van der Waals surface area (Å²) in [5, 5.41) is 11.0. The van der Waals surface area contributed by atoms with E-state index in [1.54, 1.807) is 6.92 Å². The first kappa shape index (κ1) is 16.9. The molecule has 6 nitrogen and oxygen atoms in total. The standard InChI is InChI=1S/C15H15FN2O4S/c1-3-17(13-6-4-5-12(16)9-13)23(21,22)14-8-7-11(2)15(10-14)18(19)20/h4-10H,3H2,1-2H3. The van der Waals surface area contributed by atoms with Gasteiger partial charge in [-0.1, -0.05) is 12.1 Å². The van der Waals surface area contributed by atoms with E-state index in [1.165, 1.54) is 37.3 Å². The van der Waals surface area contributed by atoms with Crippen molar-refractivity contribution in [3.05, 3.63) is 64.0 Å². The fourth-order valence-electron chi connectivity index (χ4n) is 2.20. The molecular weight excluding hydrogens is 323 g/mol. The van der Waals surface area contributed by atoms with Crippen LogP contribution in [0.15, 0.2) is 47.4 Å². The van der Waals surface area contributed by atoms with Crippen molar-refractivity contribution < 1.29 is 17.7 Å². The lowest BCUT2D eigenvalue weighted by atomic mass is 10.2. The monoisotopic (exact) mass is 338 g/mol. The van der Waals surface area contributed by atoms with Gasteiger partial charge in [-0.2, -0.15) is 0 Å². The normalized spacial score (nSPS) is 11.3. The third-order valence-corrected chi connectivity index (χ3v) is 5.25. The lowest BCUT2D eigenvalue weighted by Gasteiger charge is -2.23. The summed E-state index contributed by atoms with van der Waals surface area (Å²) in [7, 11) is -4.03. The molecule has 0 saturated carbocycles. The van der Waals surface area contributed by atoms with Crippen LogP contribution in [0.25, 0.3) is 0 Å². The molecule has 0 amide bonds. The van der Waals surface area contributed by atoms with Gasteiger partial charge in [-0.3, -0.25) is 14.4 Å². The lowest BCUT2D eigenvalue weighted by Crippen LogP contribution is -2.30. The quantitative estimate of drug-likeness (QED) is 0.619. The van der Waals surface area contributed by atoms with Gasteiger partial charge in [-0.25, -0.2) is 12.8 Å². The topological polar surface area (TPSA) is 80.5 Å². The van der Waals surface area contributed by atoms with Crippen molar-refractivity contribution in [3.8, 4) is 0 Å². The van der Waals surface area contributed by atoms with E-state index in [1.807, 2.05) is 0 Å². The van der Waals surface area contributed by atoms with Gasteiger partial charge in [0.1, 0.15) is 5.82 Å². The Balaban J connectivity index is 2.56. The number of halogens is 1. The van der Waals surface area contributed by atoms with E-state index >= 15 is 0 Å². The zero-order chi connectivity index (χ0) is 17.2. The van der Waals surface area contributed by atoms with Gasteiger partial charge in [0.2, 0.25) is 0 Å². The largest absolute Gasteiger partial charge is 0.273 e. The molecule has 0 aromatic heterocycles. The highest BCUT2D eigenvalue weighted by atomic mass is 32.2. The number of hydrogen-bond acceptors (Lipinski definition) is 4. The summed E-state index contributed by atoms with van der Waals surface area (Å²) in [6, 6.07) is 8.88. The van der Waals surface area contributed by atoms with E-state index in [0.717, 1.165) is 16.4 Å². The van der Waals surface area contributed by atoms with Crippen LogP contribution in [-0.2, 0) is 10.0 Å². The Morgan fingerprint density at radius 2 is 1.91 bits per heavy atom. The molecule has 0 radical (unpaired) electrons. The van der Waals surface area contributed by atoms with Crippen LogP contribution >= 0.6 is 0 Å². The van der Waals surface area contributed by atoms with Crippen LogP contribution in [0.2, 0.25) is 0 Å². The van der Waals surface area contributed by atoms with E-state index in [2.05, 4.69) is 0 Å². The molecule has 0 bridgehead atoms. The molecule has 122 valence electrons. The molecular formula is C15H15FN2O4S. The van der Waals surface area contributed by atoms with Gasteiger partial charge in [0.15, 0.2) is 0 Å². The molecule has 2 aromatic carbocycles. The van der Waals surface area contributed by atoms with E-state index in [4.69, 9.17) is 0 Å². The fraction of sp³-hybridized carbons (Fsp3) is 0.200. The zero-order valence-electron chi connectivity index (χ0n) is 12.6. The molecule has 0 aliphatic heterocycles. The first-order chi connectivity index (χ1) is 10.8. The summed E-state index contributed by atoms with van der Waals surface area (Å²) >= 11 is 0. The third kappa shape index (κ3) is 3.31. The minimum Gasteiger partial charge on any atom is -0.267 e. The molecule has 0 aliphatic carbocycles. The number of anilines is 1. The summed E-state index contributed by atoms with van der Waals surface area (Å²) in [4.78, 5) is 10.2. The lowest BCUT2D eigenvalue weighted by molar-refractivity contribution is -0.385. The highest BCUT2D eigenvalue weighted by Crippen LogP contribution is 2.28. The summed E-state index contributed by atoms with van der Waals surface area (Å²) in [6.07, 6.45) is 0. The molecule has 0 aliphatic rings. The number of nitrogens with zero attached hydrogens (tertiary/aromatic N) is 2. The molecule has 2 rings (SSSR count). The molecule has 8 heteroatoms. The molecule has 0 atom stereocenters. The molecule has 0 unspecified atom stereocenters. The Bertz CT molecular complexity index is 852. The molecule has 0 saturated heterocycles. The summed E-state index contributed by atoms with van der Waals surface area (Å²) in [5.74, 6) is -0.564. The smallest absolute Gasteiger partial charge is 0.267 e. The molecule has 0 spiro atoms. The number of rotatable bonds is 5. The molecule has 0 fully saturated rings. The van der Waals surface area contributed by atoms with Crippen LogP contribution in [0, 0.1) is 22.9 Å². The molecule has 2 aromatic rings. The maximum absolute atomic E-state index is 13.4. The van der Waals surface area contributed by atoms with Crippen molar-refractivity contribution >= 4 is 21.4 Å². The van der Waals surface area contributed by atoms with Crippen LogP contribution in [0.5, 0.6) is 0 Å². The maximum Gasteiger partial charge on any atom is 0.273 e. The highest BCUT2D eigenvalue weighted by Gasteiger charge is 2.26. The fourth-order valence-corrected chi connectivity index (χ4v) is 3.68. The number of aryl methyl sites for hydroxylation is 1. The maximum atomic E-state index is 13.4. The average Bonchev–Trinajstić information content (AvgIpc) is 2.47. The first-order valence-corrected chi connectivity index (χ1v) is 8.24. The second kappa shape index (κ2) is 6.33. The number of nitro benzene ring substituents is 1. The number of sulfonamides is 1. The number of nitro groups is 1. The first-order valence-electron chi connectivity index (χ1n) is 6.80. The number of hydrogen-bond donors (Lipinski definition) is 0.